The van der Waals surface area contributed by atoms with E-state index in [2.05, 4.69) is 19.4 Å². The lowest BCUT2D eigenvalue weighted by molar-refractivity contribution is -0.00391. The molecule has 1 aliphatic carbocycles. The van der Waals surface area contributed by atoms with E-state index in [4.69, 9.17) is 9.47 Å². The van der Waals surface area contributed by atoms with Crippen molar-refractivity contribution in [2.75, 3.05) is 16.7 Å². The molecule has 0 spiro atoms. The van der Waals surface area contributed by atoms with E-state index in [-0.39, 0.29) is 29.2 Å². The molecule has 11 nitrogen and oxygen atoms in total. The zero-order chi connectivity index (χ0) is 25.4. The molecule has 36 heavy (non-hydrogen) atoms. The minimum absolute atomic E-state index is 0.00803. The summed E-state index contributed by atoms with van der Waals surface area (Å²) >= 11 is 0.810. The second-order valence-corrected chi connectivity index (χ2v) is 10.7. The van der Waals surface area contributed by atoms with Gasteiger partial charge in [0.2, 0.25) is 5.13 Å². The number of amides is 1. The number of aromatic nitrogens is 2. The zero-order valence-electron chi connectivity index (χ0n) is 19.0. The molecule has 3 aromatic rings. The second-order valence-electron chi connectivity index (χ2n) is 8.30. The number of aliphatic hydroxyl groups excluding tert-OH is 1. The highest BCUT2D eigenvalue weighted by atomic mass is 32.2. The van der Waals surface area contributed by atoms with Crippen LogP contribution in [-0.2, 0) is 34.1 Å². The summed E-state index contributed by atoms with van der Waals surface area (Å²) in [7, 11) is -2.99. The maximum atomic E-state index is 15.0. The third-order valence-electron chi connectivity index (χ3n) is 6.13. The Morgan fingerprint density at radius 3 is 2.97 bits per heavy atom. The Labute approximate surface area is 210 Å². The number of methoxy groups -OCH3 is 1. The van der Waals surface area contributed by atoms with Gasteiger partial charge in [-0.1, -0.05) is 18.2 Å². The van der Waals surface area contributed by atoms with Gasteiger partial charge in [0, 0.05) is 36.3 Å². The first-order valence-electron chi connectivity index (χ1n) is 10.9. The average molecular weight is 536 g/mol. The third-order valence-corrected chi connectivity index (χ3v) is 8.19. The Kier molecular flexibility index (Phi) is 6.40. The number of carbonyl (C=O) groups excluding carboxylic acids is 1. The quantitative estimate of drug-likeness (QED) is 0.433. The first kappa shape index (κ1) is 24.2. The van der Waals surface area contributed by atoms with Crippen molar-refractivity contribution in [1.82, 2.24) is 14.7 Å². The normalized spacial score (nSPS) is 18.7. The first-order chi connectivity index (χ1) is 17.2. The number of rotatable bonds is 6. The number of nitrogens with one attached hydrogen (secondary N) is 2. The predicted octanol–water partition coefficient (Wildman–Crippen LogP) is 2.37. The van der Waals surface area contributed by atoms with Gasteiger partial charge in [0.25, 0.3) is 16.4 Å². The number of hydrogen-bond acceptors (Lipinski definition) is 10. The van der Waals surface area contributed by atoms with E-state index in [1.807, 2.05) is 18.2 Å². The van der Waals surface area contributed by atoms with Crippen LogP contribution in [-0.4, -0.2) is 48.5 Å². The van der Waals surface area contributed by atoms with Crippen LogP contribution in [0.4, 0.5) is 20.0 Å². The molecular formula is C22H22FN5O6S2. The number of aliphatic hydroxyl groups is 1. The summed E-state index contributed by atoms with van der Waals surface area (Å²) in [5, 5.41) is 13.4. The predicted molar refractivity (Wildman–Crippen MR) is 128 cm³/mol. The molecule has 2 aliphatic rings. The molecule has 0 radical (unpaired) electrons. The van der Waals surface area contributed by atoms with Crippen LogP contribution >= 0.6 is 11.5 Å². The fourth-order valence-electron chi connectivity index (χ4n) is 4.44. The molecule has 14 heteroatoms. The summed E-state index contributed by atoms with van der Waals surface area (Å²) in [5.74, 6) is -0.984. The lowest BCUT2D eigenvalue weighted by atomic mass is 9.85. The molecule has 2 heterocycles. The average Bonchev–Trinajstić information content (AvgIpc) is 3.45. The van der Waals surface area contributed by atoms with Crippen molar-refractivity contribution in [1.29, 1.82) is 0 Å². The molecule has 2 unspecified atom stereocenters. The van der Waals surface area contributed by atoms with E-state index in [0.29, 0.717) is 6.42 Å². The highest BCUT2D eigenvalue weighted by molar-refractivity contribution is 7.93. The van der Waals surface area contributed by atoms with Crippen molar-refractivity contribution in [2.24, 2.45) is 0 Å². The molecule has 0 saturated heterocycles. The highest BCUT2D eigenvalue weighted by Crippen LogP contribution is 2.41. The van der Waals surface area contributed by atoms with Crippen LogP contribution in [0.2, 0.25) is 0 Å². The molecule has 0 bridgehead atoms. The van der Waals surface area contributed by atoms with Crippen molar-refractivity contribution >= 4 is 38.5 Å². The van der Waals surface area contributed by atoms with Crippen molar-refractivity contribution in [3.63, 3.8) is 0 Å². The third kappa shape index (κ3) is 4.66. The number of benzene rings is 2. The number of sulfonamides is 1. The molecule has 1 aromatic heterocycles. The van der Waals surface area contributed by atoms with Gasteiger partial charge in [-0.2, -0.15) is 4.37 Å². The Morgan fingerprint density at radius 2 is 2.22 bits per heavy atom. The van der Waals surface area contributed by atoms with Crippen LogP contribution in [0, 0.1) is 5.82 Å². The first-order valence-corrected chi connectivity index (χ1v) is 13.2. The van der Waals surface area contributed by atoms with Crippen molar-refractivity contribution in [3.05, 3.63) is 59.2 Å². The van der Waals surface area contributed by atoms with Gasteiger partial charge in [-0.15, -0.1) is 0 Å². The summed E-state index contributed by atoms with van der Waals surface area (Å²) in [6, 6.07) is 7.77. The summed E-state index contributed by atoms with van der Waals surface area (Å²) in [4.78, 5) is 16.2. The van der Waals surface area contributed by atoms with Gasteiger partial charge < -0.3 is 24.8 Å². The number of halogens is 1. The highest BCUT2D eigenvalue weighted by Gasteiger charge is 2.34. The molecule has 190 valence electrons. The van der Waals surface area contributed by atoms with E-state index in [1.54, 1.807) is 0 Å². The lowest BCUT2D eigenvalue weighted by Crippen LogP contribution is -2.39. The van der Waals surface area contributed by atoms with Crippen molar-refractivity contribution in [3.8, 4) is 5.75 Å². The van der Waals surface area contributed by atoms with Gasteiger partial charge >= 0.3 is 6.09 Å². The molecule has 1 aliphatic heterocycles. The fraction of sp³-hybridized carbons (Fsp3) is 0.318. The van der Waals surface area contributed by atoms with Crippen LogP contribution in [0.3, 0.4) is 0 Å². The zero-order valence-corrected chi connectivity index (χ0v) is 20.6. The topological polar surface area (TPSA) is 143 Å². The number of fused-ring (bicyclic) bond motifs is 2. The van der Waals surface area contributed by atoms with Gasteiger partial charge in [0.05, 0.1) is 12.8 Å². The number of anilines is 2. The van der Waals surface area contributed by atoms with Gasteiger partial charge in [0.1, 0.15) is 22.8 Å². The minimum atomic E-state index is -4.30. The minimum Gasteiger partial charge on any atom is -0.453 e. The van der Waals surface area contributed by atoms with E-state index in [0.717, 1.165) is 53.2 Å². The lowest BCUT2D eigenvalue weighted by Gasteiger charge is -2.29. The van der Waals surface area contributed by atoms with Crippen LogP contribution in [0.15, 0.2) is 41.6 Å². The maximum absolute atomic E-state index is 15.0. The van der Waals surface area contributed by atoms with Crippen LogP contribution in [0.1, 0.15) is 23.1 Å². The Bertz CT molecular complexity index is 1400. The number of nitrogens with zero attached hydrogens (tertiary/aromatic N) is 3. The molecular weight excluding hydrogens is 513 g/mol. The number of hydrogen-bond donors (Lipinski definition) is 3. The maximum Gasteiger partial charge on any atom is 0.407 e. The van der Waals surface area contributed by atoms with Crippen LogP contribution < -0.4 is 19.7 Å². The largest absolute Gasteiger partial charge is 0.453 e. The smallest absolute Gasteiger partial charge is 0.407 e. The molecule has 5 rings (SSSR count). The summed E-state index contributed by atoms with van der Waals surface area (Å²) in [5.41, 5.74) is 3.23. The monoisotopic (exact) mass is 535 g/mol. The molecule has 0 saturated carbocycles. The fourth-order valence-corrected chi connectivity index (χ4v) is 6.18. The van der Waals surface area contributed by atoms with Gasteiger partial charge in [0.15, 0.2) is 0 Å². The van der Waals surface area contributed by atoms with Crippen molar-refractivity contribution in [2.45, 2.75) is 43.2 Å². The molecule has 2 aromatic carbocycles. The van der Waals surface area contributed by atoms with Crippen LogP contribution in [0.25, 0.3) is 0 Å². The second kappa shape index (κ2) is 9.52. The molecule has 3 N–H and O–H groups in total. The summed E-state index contributed by atoms with van der Waals surface area (Å²) < 4.78 is 56.4. The van der Waals surface area contributed by atoms with Crippen LogP contribution in [0.5, 0.6) is 5.75 Å². The summed E-state index contributed by atoms with van der Waals surface area (Å²) in [6.07, 6.45) is 1.32. The van der Waals surface area contributed by atoms with Gasteiger partial charge in [-0.25, -0.2) is 22.6 Å². The number of aryl methyl sites for hydroxylation is 1. The number of ether oxygens (including phenoxy) is 2. The van der Waals surface area contributed by atoms with E-state index >= 15 is 4.39 Å². The van der Waals surface area contributed by atoms with E-state index in [1.165, 1.54) is 18.3 Å². The van der Waals surface area contributed by atoms with Gasteiger partial charge in [-0.05, 0) is 36.0 Å². The molecule has 0 fully saturated rings. The Balaban J connectivity index is 1.41. The van der Waals surface area contributed by atoms with E-state index < -0.39 is 33.2 Å². The number of alkyl carbamates (subject to hydrolysis) is 1. The number of carbonyl (C=O) groups is 1. The van der Waals surface area contributed by atoms with E-state index in [9.17, 15) is 18.3 Å². The van der Waals surface area contributed by atoms with Gasteiger partial charge in [-0.3, -0.25) is 4.72 Å². The Morgan fingerprint density at radius 1 is 1.39 bits per heavy atom. The summed E-state index contributed by atoms with van der Waals surface area (Å²) in [6.45, 7) is 0.177. The van der Waals surface area contributed by atoms with Crippen molar-refractivity contribution < 1.29 is 32.2 Å². The molecule has 1 amide bonds. The molecule has 2 atom stereocenters. The standard InChI is InChI=1S/C22H22FN5O6S2/c1-33-21(29)26-14-6-5-12-3-2-4-13(15(12)7-14)10-28-17-8-16(23)19(9-18(17)34-22(28)30)36(31,32)27-20-24-11-25-35-20/h2-4,8-9,11,14,22,30H,5-7,10H2,1H3,(H,26,29)(H,24,25,27). The Hall–Kier alpha value is -3.49. The SMILES string of the molecule is COC(=O)NC1CCc2cccc(CN3c4cc(F)c(S(=O)(=O)Nc5ncns5)cc4OC3O)c2C1.